The highest BCUT2D eigenvalue weighted by atomic mass is 16.5. The monoisotopic (exact) mass is 264 g/mol. The summed E-state index contributed by atoms with van der Waals surface area (Å²) in [4.78, 5) is 8.43. The number of ether oxygens (including phenoxy) is 1. The molecular weight excluding hydrogens is 240 g/mol. The van der Waals surface area contributed by atoms with Crippen LogP contribution >= 0.6 is 0 Å². The topological polar surface area (TPSA) is 73.1 Å². The van der Waals surface area contributed by atoms with Gasteiger partial charge in [-0.25, -0.2) is 9.97 Å². The van der Waals surface area contributed by atoms with Gasteiger partial charge in [0.15, 0.2) is 0 Å². The fraction of sp³-hybridized carbons (Fsp3) is 0.714. The first-order valence-corrected chi connectivity index (χ1v) is 6.89. The Balaban J connectivity index is 2.14. The van der Waals surface area contributed by atoms with Crippen molar-refractivity contribution in [2.45, 2.75) is 52.2 Å². The molecule has 2 rings (SSSR count). The number of methoxy groups -OCH3 is 1. The van der Waals surface area contributed by atoms with Gasteiger partial charge in [0.1, 0.15) is 18.0 Å². The van der Waals surface area contributed by atoms with E-state index in [0.717, 1.165) is 30.6 Å². The number of nitrogens with zero attached hydrogens (tertiary/aromatic N) is 2. The van der Waals surface area contributed by atoms with Crippen LogP contribution in [0.4, 0.5) is 11.6 Å². The third kappa shape index (κ3) is 2.52. The van der Waals surface area contributed by atoms with Gasteiger partial charge in [0.25, 0.3) is 0 Å². The van der Waals surface area contributed by atoms with E-state index in [2.05, 4.69) is 36.1 Å². The van der Waals surface area contributed by atoms with Crippen LogP contribution in [0.1, 0.15) is 39.2 Å². The minimum absolute atomic E-state index is 0.109. The Morgan fingerprint density at radius 3 is 2.79 bits per heavy atom. The Kier molecular flexibility index (Phi) is 3.94. The molecule has 3 N–H and O–H groups in total. The zero-order valence-electron chi connectivity index (χ0n) is 12.2. The number of hydrogen-bond acceptors (Lipinski definition) is 5. The van der Waals surface area contributed by atoms with Crippen molar-refractivity contribution in [2.75, 3.05) is 18.2 Å². The molecule has 1 aromatic heterocycles. The van der Waals surface area contributed by atoms with Crippen molar-refractivity contribution in [3.05, 3.63) is 11.9 Å². The molecule has 0 amide bonds. The molecule has 1 aliphatic rings. The molecule has 0 bridgehead atoms. The van der Waals surface area contributed by atoms with E-state index in [1.54, 1.807) is 7.11 Å². The lowest BCUT2D eigenvalue weighted by Gasteiger charge is -2.51. The van der Waals surface area contributed by atoms with E-state index in [1.807, 2.05) is 0 Å². The summed E-state index contributed by atoms with van der Waals surface area (Å²) in [5, 5.41) is 3.52. The Bertz CT molecular complexity index is 447. The van der Waals surface area contributed by atoms with Crippen molar-refractivity contribution in [3.63, 3.8) is 0 Å². The summed E-state index contributed by atoms with van der Waals surface area (Å²) in [6.45, 7) is 6.56. The SMILES string of the molecule is CCCc1c(N)ncnc1NC1CC(OC)C1(C)C. The molecule has 2 atom stereocenters. The number of rotatable bonds is 5. The lowest BCUT2D eigenvalue weighted by Crippen LogP contribution is -2.57. The van der Waals surface area contributed by atoms with Crippen LogP contribution in [-0.4, -0.2) is 29.2 Å². The second-order valence-electron chi connectivity index (χ2n) is 5.81. The van der Waals surface area contributed by atoms with Crippen molar-refractivity contribution < 1.29 is 4.74 Å². The van der Waals surface area contributed by atoms with Gasteiger partial charge in [-0.3, -0.25) is 0 Å². The van der Waals surface area contributed by atoms with Crippen molar-refractivity contribution in [2.24, 2.45) is 5.41 Å². The Morgan fingerprint density at radius 2 is 2.21 bits per heavy atom. The maximum Gasteiger partial charge on any atom is 0.134 e. The van der Waals surface area contributed by atoms with Crippen molar-refractivity contribution in [1.29, 1.82) is 0 Å². The lowest BCUT2D eigenvalue weighted by atomic mass is 9.64. The lowest BCUT2D eigenvalue weighted by molar-refractivity contribution is -0.0795. The minimum atomic E-state index is 0.109. The quantitative estimate of drug-likeness (QED) is 0.853. The van der Waals surface area contributed by atoms with Gasteiger partial charge in [-0.05, 0) is 12.8 Å². The van der Waals surface area contributed by atoms with Gasteiger partial charge < -0.3 is 15.8 Å². The summed E-state index contributed by atoms with van der Waals surface area (Å²) < 4.78 is 5.47. The minimum Gasteiger partial charge on any atom is -0.383 e. The van der Waals surface area contributed by atoms with Crippen LogP contribution in [0.2, 0.25) is 0 Å². The van der Waals surface area contributed by atoms with Gasteiger partial charge in [0, 0.05) is 24.1 Å². The average Bonchev–Trinajstić information content (AvgIpc) is 2.37. The molecule has 5 nitrogen and oxygen atoms in total. The van der Waals surface area contributed by atoms with Crippen LogP contribution in [0.3, 0.4) is 0 Å². The molecule has 1 fully saturated rings. The number of aromatic nitrogens is 2. The van der Waals surface area contributed by atoms with Gasteiger partial charge in [-0.15, -0.1) is 0 Å². The number of anilines is 2. The Hall–Kier alpha value is -1.36. The molecule has 0 aromatic carbocycles. The summed E-state index contributed by atoms with van der Waals surface area (Å²) in [6.07, 6.45) is 4.75. The van der Waals surface area contributed by atoms with Crippen LogP contribution < -0.4 is 11.1 Å². The highest BCUT2D eigenvalue weighted by molar-refractivity contribution is 5.56. The van der Waals surface area contributed by atoms with Crippen molar-refractivity contribution in [1.82, 2.24) is 9.97 Å². The van der Waals surface area contributed by atoms with Gasteiger partial charge in [0.05, 0.1) is 6.10 Å². The first kappa shape index (κ1) is 14.1. The van der Waals surface area contributed by atoms with Crippen LogP contribution in [0, 0.1) is 5.41 Å². The van der Waals surface area contributed by atoms with Gasteiger partial charge in [-0.2, -0.15) is 0 Å². The van der Waals surface area contributed by atoms with Crippen LogP contribution in [0.15, 0.2) is 6.33 Å². The number of nitrogens with one attached hydrogen (secondary N) is 1. The largest absolute Gasteiger partial charge is 0.383 e. The van der Waals surface area contributed by atoms with E-state index in [1.165, 1.54) is 6.33 Å². The summed E-state index contributed by atoms with van der Waals surface area (Å²) in [6, 6.07) is 0.363. The number of nitrogen functional groups attached to an aromatic ring is 1. The molecule has 2 unspecified atom stereocenters. The number of hydrogen-bond donors (Lipinski definition) is 2. The van der Waals surface area contributed by atoms with Crippen LogP contribution in [-0.2, 0) is 11.2 Å². The third-order valence-electron chi connectivity index (χ3n) is 4.25. The van der Waals surface area contributed by atoms with Crippen molar-refractivity contribution in [3.8, 4) is 0 Å². The molecule has 0 aliphatic heterocycles. The predicted molar refractivity (Wildman–Crippen MR) is 77.0 cm³/mol. The van der Waals surface area contributed by atoms with Crippen LogP contribution in [0.25, 0.3) is 0 Å². The normalized spacial score (nSPS) is 24.8. The third-order valence-corrected chi connectivity index (χ3v) is 4.25. The van der Waals surface area contributed by atoms with E-state index in [4.69, 9.17) is 10.5 Å². The van der Waals surface area contributed by atoms with E-state index in [9.17, 15) is 0 Å². The predicted octanol–water partition coefficient (Wildman–Crippen LogP) is 2.24. The standard InChI is InChI=1S/C14H24N4O/c1-5-6-9-12(15)16-8-17-13(9)18-10-7-11(19-4)14(10,2)3/h8,10-11H,5-7H2,1-4H3,(H3,15,16,17,18). The maximum atomic E-state index is 5.95. The Morgan fingerprint density at radius 1 is 1.47 bits per heavy atom. The molecule has 0 radical (unpaired) electrons. The van der Waals surface area contributed by atoms with E-state index in [-0.39, 0.29) is 5.41 Å². The van der Waals surface area contributed by atoms with E-state index < -0.39 is 0 Å². The molecular formula is C14H24N4O. The molecule has 1 saturated carbocycles. The fourth-order valence-electron chi connectivity index (χ4n) is 2.74. The van der Waals surface area contributed by atoms with Crippen LogP contribution in [0.5, 0.6) is 0 Å². The highest BCUT2D eigenvalue weighted by Gasteiger charge is 2.48. The zero-order valence-corrected chi connectivity index (χ0v) is 12.2. The molecule has 1 heterocycles. The molecule has 1 aliphatic carbocycles. The second-order valence-corrected chi connectivity index (χ2v) is 5.81. The Labute approximate surface area is 115 Å². The fourth-order valence-corrected chi connectivity index (χ4v) is 2.74. The number of nitrogens with two attached hydrogens (primary N) is 1. The summed E-state index contributed by atoms with van der Waals surface area (Å²) >= 11 is 0. The molecule has 0 spiro atoms. The summed E-state index contributed by atoms with van der Waals surface area (Å²) in [5.74, 6) is 1.46. The molecule has 5 heteroatoms. The molecule has 19 heavy (non-hydrogen) atoms. The van der Waals surface area contributed by atoms with Gasteiger partial charge >= 0.3 is 0 Å². The first-order valence-electron chi connectivity index (χ1n) is 6.89. The van der Waals surface area contributed by atoms with Gasteiger partial charge in [0.2, 0.25) is 0 Å². The zero-order chi connectivity index (χ0) is 14.0. The molecule has 1 aromatic rings. The smallest absolute Gasteiger partial charge is 0.134 e. The highest BCUT2D eigenvalue weighted by Crippen LogP contribution is 2.44. The molecule has 0 saturated heterocycles. The van der Waals surface area contributed by atoms with Gasteiger partial charge in [-0.1, -0.05) is 27.2 Å². The second kappa shape index (κ2) is 5.33. The molecule has 106 valence electrons. The van der Waals surface area contributed by atoms with Crippen molar-refractivity contribution >= 4 is 11.6 Å². The first-order chi connectivity index (χ1) is 9.00. The van der Waals surface area contributed by atoms with E-state index >= 15 is 0 Å². The summed E-state index contributed by atoms with van der Waals surface area (Å²) in [5.41, 5.74) is 7.09. The van der Waals surface area contributed by atoms with E-state index in [0.29, 0.717) is 18.0 Å². The maximum absolute atomic E-state index is 5.95. The summed E-state index contributed by atoms with van der Waals surface area (Å²) in [7, 11) is 1.77. The average molecular weight is 264 g/mol.